The Hall–Kier alpha value is -4.03. The van der Waals surface area contributed by atoms with Gasteiger partial charge < -0.3 is 19.8 Å². The number of nitrogens with one attached hydrogen (secondary N) is 3. The molecule has 186 valence electrons. The Balaban J connectivity index is 1.60. The number of rotatable bonds is 9. The molecule has 0 saturated carbocycles. The number of aromatic nitrogens is 5. The van der Waals surface area contributed by atoms with Gasteiger partial charge in [0.2, 0.25) is 5.91 Å². The van der Waals surface area contributed by atoms with Gasteiger partial charge in [-0.25, -0.2) is 4.79 Å². The maximum Gasteiger partial charge on any atom is 0.325 e. The molecule has 0 aliphatic heterocycles. The van der Waals surface area contributed by atoms with Crippen molar-refractivity contribution in [2.75, 3.05) is 25.3 Å². The lowest BCUT2D eigenvalue weighted by atomic mass is 10.2. The minimum absolute atomic E-state index is 0.0196. The molecule has 4 aromatic rings. The van der Waals surface area contributed by atoms with Crippen molar-refractivity contribution < 1.29 is 14.3 Å². The zero-order chi connectivity index (χ0) is 25.7. The molecule has 0 aliphatic rings. The number of benzene rings is 2. The number of halogens is 1. The summed E-state index contributed by atoms with van der Waals surface area (Å²) < 4.78 is 12.3. The lowest BCUT2D eigenvalue weighted by molar-refractivity contribution is -0.113. The second kappa shape index (κ2) is 11.1. The third kappa shape index (κ3) is 5.96. The number of hydrogen-bond acceptors (Lipinski definition) is 8. The van der Waals surface area contributed by atoms with Gasteiger partial charge in [0.1, 0.15) is 17.3 Å². The maximum atomic E-state index is 12.7. The van der Waals surface area contributed by atoms with Crippen molar-refractivity contribution in [3.05, 3.63) is 85.9 Å². The van der Waals surface area contributed by atoms with Crippen LogP contribution in [0.1, 0.15) is 11.5 Å². The van der Waals surface area contributed by atoms with Crippen LogP contribution in [-0.4, -0.2) is 50.6 Å². The van der Waals surface area contributed by atoms with E-state index in [0.717, 1.165) is 0 Å². The first-order valence-electron chi connectivity index (χ1n) is 10.5. The molecule has 2 aromatic carbocycles. The lowest BCUT2D eigenvalue weighted by Gasteiger charge is -2.12. The molecule has 2 heterocycles. The SMILES string of the molecule is COc1ccc(-n2c(Cc3cc(=O)[nH]c(=O)[nH]3)nnc2SCC(=O)Nc2cc(Cl)ccc2OC)cc1. The van der Waals surface area contributed by atoms with Gasteiger partial charge in [-0.15, -0.1) is 10.2 Å². The van der Waals surface area contributed by atoms with Crippen LogP contribution in [0.4, 0.5) is 5.69 Å². The zero-order valence-corrected chi connectivity index (χ0v) is 20.8. The number of H-pyrrole nitrogens is 2. The van der Waals surface area contributed by atoms with Gasteiger partial charge >= 0.3 is 5.69 Å². The monoisotopic (exact) mass is 528 g/mol. The summed E-state index contributed by atoms with van der Waals surface area (Å²) in [5.74, 6) is 1.32. The largest absolute Gasteiger partial charge is 0.497 e. The average Bonchev–Trinajstić information content (AvgIpc) is 3.24. The molecule has 2 aromatic heterocycles. The first-order chi connectivity index (χ1) is 17.4. The molecule has 0 bridgehead atoms. The van der Waals surface area contributed by atoms with Crippen molar-refractivity contribution in [3.63, 3.8) is 0 Å². The van der Waals surface area contributed by atoms with Crippen LogP contribution in [0.5, 0.6) is 11.5 Å². The Morgan fingerprint density at radius 1 is 1.06 bits per heavy atom. The highest BCUT2D eigenvalue weighted by atomic mass is 35.5. The fourth-order valence-electron chi connectivity index (χ4n) is 3.38. The second-order valence-electron chi connectivity index (χ2n) is 7.40. The fourth-order valence-corrected chi connectivity index (χ4v) is 4.32. The summed E-state index contributed by atoms with van der Waals surface area (Å²) >= 11 is 7.21. The van der Waals surface area contributed by atoms with E-state index >= 15 is 0 Å². The second-order valence-corrected chi connectivity index (χ2v) is 8.78. The molecule has 11 nitrogen and oxygen atoms in total. The average molecular weight is 529 g/mol. The third-order valence-electron chi connectivity index (χ3n) is 4.96. The van der Waals surface area contributed by atoms with E-state index in [4.69, 9.17) is 21.1 Å². The smallest absolute Gasteiger partial charge is 0.325 e. The van der Waals surface area contributed by atoms with Crippen LogP contribution in [0, 0.1) is 0 Å². The van der Waals surface area contributed by atoms with E-state index in [1.165, 1.54) is 24.9 Å². The van der Waals surface area contributed by atoms with Crippen LogP contribution in [0.3, 0.4) is 0 Å². The van der Waals surface area contributed by atoms with Crippen LogP contribution < -0.4 is 26.0 Å². The molecule has 13 heteroatoms. The van der Waals surface area contributed by atoms with E-state index in [0.29, 0.717) is 44.6 Å². The van der Waals surface area contributed by atoms with Crippen molar-refractivity contribution in [1.29, 1.82) is 0 Å². The number of ether oxygens (including phenoxy) is 2. The number of carbonyl (C=O) groups excluding carboxylic acids is 1. The molecule has 1 amide bonds. The molecule has 3 N–H and O–H groups in total. The molecule has 0 unspecified atom stereocenters. The van der Waals surface area contributed by atoms with Crippen molar-refractivity contribution in [2.24, 2.45) is 0 Å². The molecule has 0 radical (unpaired) electrons. The Labute approximate surface area is 213 Å². The van der Waals surface area contributed by atoms with E-state index < -0.39 is 11.2 Å². The van der Waals surface area contributed by atoms with Gasteiger partial charge in [0.05, 0.1) is 25.7 Å². The number of nitrogens with zero attached hydrogens (tertiary/aromatic N) is 3. The van der Waals surface area contributed by atoms with Crippen LogP contribution in [0.2, 0.25) is 5.02 Å². The van der Waals surface area contributed by atoms with Gasteiger partial charge in [0, 0.05) is 28.9 Å². The molecule has 0 fully saturated rings. The summed E-state index contributed by atoms with van der Waals surface area (Å²) in [5.41, 5.74) is 0.393. The summed E-state index contributed by atoms with van der Waals surface area (Å²) in [6, 6.07) is 13.4. The number of hydrogen-bond donors (Lipinski definition) is 3. The maximum absolute atomic E-state index is 12.7. The van der Waals surface area contributed by atoms with Gasteiger partial charge in [-0.3, -0.25) is 19.1 Å². The molecule has 4 rings (SSSR count). The molecule has 0 saturated heterocycles. The molecule has 0 atom stereocenters. The Kier molecular flexibility index (Phi) is 7.76. The van der Waals surface area contributed by atoms with E-state index in [1.807, 2.05) is 12.1 Å². The molecule has 0 spiro atoms. The fraction of sp³-hybridized carbons (Fsp3) is 0.174. The minimum atomic E-state index is -0.615. The first-order valence-corrected chi connectivity index (χ1v) is 11.9. The number of carbonyl (C=O) groups is 1. The van der Waals surface area contributed by atoms with Crippen molar-refractivity contribution in [3.8, 4) is 17.2 Å². The Bertz CT molecular complexity index is 1470. The summed E-state index contributed by atoms with van der Waals surface area (Å²) in [6.45, 7) is 0. The third-order valence-corrected chi connectivity index (χ3v) is 6.13. The summed E-state index contributed by atoms with van der Waals surface area (Å²) in [4.78, 5) is 40.8. The molecule has 0 aliphatic carbocycles. The molecular weight excluding hydrogens is 508 g/mol. The van der Waals surface area contributed by atoms with Crippen LogP contribution in [0.15, 0.2) is 63.3 Å². The summed E-state index contributed by atoms with van der Waals surface area (Å²) in [6.07, 6.45) is 0.130. The Morgan fingerprint density at radius 3 is 2.53 bits per heavy atom. The summed E-state index contributed by atoms with van der Waals surface area (Å²) in [5, 5.41) is 12.2. The van der Waals surface area contributed by atoms with E-state index in [-0.39, 0.29) is 18.1 Å². The number of amides is 1. The topological polar surface area (TPSA) is 144 Å². The quantitative estimate of drug-likeness (QED) is 0.281. The number of anilines is 1. The van der Waals surface area contributed by atoms with Gasteiger partial charge in [-0.05, 0) is 42.5 Å². The van der Waals surface area contributed by atoms with Gasteiger partial charge in [0.25, 0.3) is 5.56 Å². The predicted molar refractivity (Wildman–Crippen MR) is 136 cm³/mol. The number of aromatic amines is 2. The highest BCUT2D eigenvalue weighted by Gasteiger charge is 2.18. The highest BCUT2D eigenvalue weighted by molar-refractivity contribution is 7.99. The van der Waals surface area contributed by atoms with Gasteiger partial charge in [-0.1, -0.05) is 23.4 Å². The normalized spacial score (nSPS) is 10.8. The van der Waals surface area contributed by atoms with Crippen LogP contribution in [-0.2, 0) is 11.2 Å². The van der Waals surface area contributed by atoms with Crippen molar-refractivity contribution >= 4 is 35.0 Å². The summed E-state index contributed by atoms with van der Waals surface area (Å²) in [7, 11) is 3.07. The predicted octanol–water partition coefficient (Wildman–Crippen LogP) is 2.64. The van der Waals surface area contributed by atoms with Crippen molar-refractivity contribution in [2.45, 2.75) is 11.6 Å². The molecular formula is C23H21ClN6O5S. The number of thioether (sulfide) groups is 1. The Morgan fingerprint density at radius 2 is 1.83 bits per heavy atom. The van der Waals surface area contributed by atoms with Crippen LogP contribution in [0.25, 0.3) is 5.69 Å². The van der Waals surface area contributed by atoms with Gasteiger partial charge in [-0.2, -0.15) is 0 Å². The van der Waals surface area contributed by atoms with E-state index in [2.05, 4.69) is 25.5 Å². The van der Waals surface area contributed by atoms with Gasteiger partial charge in [0.15, 0.2) is 5.16 Å². The highest BCUT2D eigenvalue weighted by Crippen LogP contribution is 2.29. The van der Waals surface area contributed by atoms with Crippen molar-refractivity contribution in [1.82, 2.24) is 24.7 Å². The minimum Gasteiger partial charge on any atom is -0.497 e. The lowest BCUT2D eigenvalue weighted by Crippen LogP contribution is -2.23. The zero-order valence-electron chi connectivity index (χ0n) is 19.2. The van der Waals surface area contributed by atoms with E-state index in [9.17, 15) is 14.4 Å². The molecule has 36 heavy (non-hydrogen) atoms. The first kappa shape index (κ1) is 25.1. The van der Waals surface area contributed by atoms with Crippen LogP contribution >= 0.6 is 23.4 Å². The number of methoxy groups -OCH3 is 2. The van der Waals surface area contributed by atoms with E-state index in [1.54, 1.807) is 42.0 Å². The standard InChI is InChI=1S/C23H21ClN6O5S/c1-34-16-6-4-15(5-7-16)30-19(10-14-11-20(31)27-22(33)25-14)28-29-23(30)36-12-21(32)26-17-9-13(24)3-8-18(17)35-2/h3-9,11H,10,12H2,1-2H3,(H,26,32)(H2,25,27,31,33).